The average molecular weight is 303 g/mol. The van der Waals surface area contributed by atoms with Crippen LogP contribution in [-0.2, 0) is 10.3 Å². The number of anilines is 1. The van der Waals surface area contributed by atoms with Crippen molar-refractivity contribution < 1.29 is 27.8 Å². The van der Waals surface area contributed by atoms with Gasteiger partial charge in [0.15, 0.2) is 5.54 Å². The summed E-state index contributed by atoms with van der Waals surface area (Å²) in [6.07, 6.45) is -4.59. The molecule has 4 N–H and O–H groups in total. The number of nitrogen functional groups attached to an aromatic ring is 1. The van der Waals surface area contributed by atoms with E-state index in [-0.39, 0.29) is 18.1 Å². The second kappa shape index (κ2) is 5.60. The molecule has 6 nitrogen and oxygen atoms in total. The predicted molar refractivity (Wildman–Crippen MR) is 67.9 cm³/mol. The molecule has 0 aliphatic carbocycles. The number of nitrogens with one attached hydrogen (secondary N) is 1. The van der Waals surface area contributed by atoms with Crippen LogP contribution in [0, 0.1) is 5.82 Å². The highest BCUT2D eigenvalue weighted by Gasteiger charge is 2.46. The van der Waals surface area contributed by atoms with Crippen LogP contribution in [0.25, 0.3) is 0 Å². The Morgan fingerprint density at radius 2 is 2.24 bits per heavy atom. The quantitative estimate of drug-likeness (QED) is 0.722. The number of rotatable bonds is 2. The average Bonchev–Trinajstić information content (AvgIpc) is 2.40. The van der Waals surface area contributed by atoms with Crippen LogP contribution in [0.5, 0.6) is 0 Å². The van der Waals surface area contributed by atoms with Crippen LogP contribution in [0.2, 0.25) is 0 Å². The number of nitrogens with two attached hydrogens (primary N) is 1. The molecule has 0 radical (unpaired) electrons. The van der Waals surface area contributed by atoms with Gasteiger partial charge in [0.1, 0.15) is 18.3 Å². The zero-order valence-corrected chi connectivity index (χ0v) is 10.6. The van der Waals surface area contributed by atoms with Crippen molar-refractivity contribution in [3.63, 3.8) is 0 Å². The molecule has 0 saturated carbocycles. The molecule has 1 amide bonds. The molecule has 1 aliphatic rings. The van der Waals surface area contributed by atoms with Crippen molar-refractivity contribution in [2.45, 2.75) is 12.0 Å². The zero-order valence-electron chi connectivity index (χ0n) is 10.6. The van der Waals surface area contributed by atoms with Crippen molar-refractivity contribution >= 4 is 17.6 Å². The molecule has 2 rings (SSSR count). The van der Waals surface area contributed by atoms with Gasteiger partial charge in [-0.15, -0.1) is 0 Å². The van der Waals surface area contributed by atoms with Gasteiger partial charge in [0, 0.05) is 11.3 Å². The van der Waals surface area contributed by atoms with Crippen molar-refractivity contribution in [3.05, 3.63) is 29.6 Å². The van der Waals surface area contributed by atoms with E-state index in [1.54, 1.807) is 0 Å². The molecular formula is C12H12F3N3O3. The smallest absolute Gasteiger partial charge is 0.410 e. The Kier molecular flexibility index (Phi) is 4.03. The third kappa shape index (κ3) is 2.92. The third-order valence-corrected chi connectivity index (χ3v) is 2.96. The molecule has 0 fully saturated rings. The summed E-state index contributed by atoms with van der Waals surface area (Å²) < 4.78 is 45.9. The van der Waals surface area contributed by atoms with E-state index in [1.807, 2.05) is 5.32 Å². The van der Waals surface area contributed by atoms with Gasteiger partial charge in [-0.1, -0.05) is 0 Å². The first kappa shape index (κ1) is 15.1. The molecule has 1 heterocycles. The molecule has 1 aliphatic heterocycles. The molecule has 1 aromatic rings. The first-order valence-electron chi connectivity index (χ1n) is 5.85. The largest absolute Gasteiger partial charge is 0.465 e. The van der Waals surface area contributed by atoms with Crippen LogP contribution in [-0.4, -0.2) is 36.7 Å². The fourth-order valence-corrected chi connectivity index (χ4v) is 2.04. The number of ether oxygens (including phenoxy) is 1. The normalized spacial score (nSPS) is 22.0. The highest BCUT2D eigenvalue weighted by Crippen LogP contribution is 2.37. The second-order valence-corrected chi connectivity index (χ2v) is 4.45. The van der Waals surface area contributed by atoms with E-state index in [1.165, 1.54) is 6.07 Å². The first-order chi connectivity index (χ1) is 9.85. The van der Waals surface area contributed by atoms with E-state index < -0.39 is 36.0 Å². The number of hydrogen-bond acceptors (Lipinski definition) is 4. The van der Waals surface area contributed by atoms with E-state index in [0.717, 1.165) is 12.1 Å². The van der Waals surface area contributed by atoms with Gasteiger partial charge in [0.2, 0.25) is 0 Å². The van der Waals surface area contributed by atoms with Gasteiger partial charge in [-0.3, -0.25) is 5.32 Å². The Labute approximate surface area is 117 Å². The van der Waals surface area contributed by atoms with E-state index in [4.69, 9.17) is 15.6 Å². The highest BCUT2D eigenvalue weighted by atomic mass is 19.3. The Morgan fingerprint density at radius 1 is 1.52 bits per heavy atom. The van der Waals surface area contributed by atoms with Crippen molar-refractivity contribution in [1.29, 1.82) is 0 Å². The standard InChI is InChI=1S/C12H12F3N3O3/c13-8-2-1-6(16)3-7(8)12(10(14)15)5-21-4-9(18-12)17-11(19)20/h1-3,10H,4-5,16H2,(H,17,18)(H,19,20). The van der Waals surface area contributed by atoms with Crippen LogP contribution in [0.1, 0.15) is 5.56 Å². The van der Waals surface area contributed by atoms with E-state index in [9.17, 15) is 18.0 Å². The molecule has 0 aromatic heterocycles. The molecule has 1 unspecified atom stereocenters. The Balaban J connectivity index is 2.55. The molecule has 0 saturated heterocycles. The van der Waals surface area contributed by atoms with Gasteiger partial charge in [-0.2, -0.15) is 0 Å². The van der Waals surface area contributed by atoms with Gasteiger partial charge in [0.25, 0.3) is 6.43 Å². The minimum absolute atomic E-state index is 0.0833. The van der Waals surface area contributed by atoms with E-state index in [0.29, 0.717) is 0 Å². The summed E-state index contributed by atoms with van der Waals surface area (Å²) in [7, 11) is 0. The summed E-state index contributed by atoms with van der Waals surface area (Å²) in [6.45, 7) is -0.874. The molecule has 1 atom stereocenters. The minimum atomic E-state index is -3.11. The van der Waals surface area contributed by atoms with Gasteiger partial charge in [-0.25, -0.2) is 23.0 Å². The molecule has 0 bridgehead atoms. The number of amides is 1. The Morgan fingerprint density at radius 3 is 2.86 bits per heavy atom. The first-order valence-corrected chi connectivity index (χ1v) is 5.85. The molecule has 0 spiro atoms. The number of alkyl halides is 2. The van der Waals surface area contributed by atoms with Crippen molar-refractivity contribution in [1.82, 2.24) is 5.32 Å². The number of amidine groups is 1. The van der Waals surface area contributed by atoms with Crippen LogP contribution >= 0.6 is 0 Å². The number of halogens is 3. The summed E-state index contributed by atoms with van der Waals surface area (Å²) in [5.41, 5.74) is 2.80. The maximum absolute atomic E-state index is 13.9. The summed E-state index contributed by atoms with van der Waals surface area (Å²) >= 11 is 0. The summed E-state index contributed by atoms with van der Waals surface area (Å²) in [5, 5.41) is 10.5. The lowest BCUT2D eigenvalue weighted by Gasteiger charge is -2.33. The van der Waals surface area contributed by atoms with Crippen LogP contribution in [0.4, 0.5) is 23.7 Å². The third-order valence-electron chi connectivity index (χ3n) is 2.96. The van der Waals surface area contributed by atoms with Gasteiger partial charge < -0.3 is 15.6 Å². The number of hydrogen-bond donors (Lipinski definition) is 3. The minimum Gasteiger partial charge on any atom is -0.465 e. The maximum atomic E-state index is 13.9. The fraction of sp³-hybridized carbons (Fsp3) is 0.333. The number of carboxylic acid groups (broad SMARTS) is 1. The maximum Gasteiger partial charge on any atom is 0.410 e. The highest BCUT2D eigenvalue weighted by molar-refractivity contribution is 5.96. The molecule has 21 heavy (non-hydrogen) atoms. The van der Waals surface area contributed by atoms with Crippen LogP contribution in [0.3, 0.4) is 0 Å². The SMILES string of the molecule is Nc1ccc(F)c(C2(C(F)F)COCC(NC(=O)O)=N2)c1. The van der Waals surface area contributed by atoms with Crippen LogP contribution in [0.15, 0.2) is 23.2 Å². The monoisotopic (exact) mass is 303 g/mol. The molecule has 114 valence electrons. The van der Waals surface area contributed by atoms with Crippen molar-refractivity contribution in [3.8, 4) is 0 Å². The van der Waals surface area contributed by atoms with E-state index in [2.05, 4.69) is 4.99 Å². The van der Waals surface area contributed by atoms with Crippen LogP contribution < -0.4 is 11.1 Å². The van der Waals surface area contributed by atoms with E-state index >= 15 is 0 Å². The lowest BCUT2D eigenvalue weighted by atomic mass is 9.90. The fourth-order valence-electron chi connectivity index (χ4n) is 2.04. The molecule has 9 heteroatoms. The Hall–Kier alpha value is -2.29. The summed E-state index contributed by atoms with van der Waals surface area (Å²) in [5.74, 6) is -1.25. The number of benzene rings is 1. The Bertz CT molecular complexity index is 594. The predicted octanol–water partition coefficient (Wildman–Crippen LogP) is 1.56. The second-order valence-electron chi connectivity index (χ2n) is 4.45. The van der Waals surface area contributed by atoms with Gasteiger partial charge >= 0.3 is 6.09 Å². The van der Waals surface area contributed by atoms with Crippen molar-refractivity contribution in [2.75, 3.05) is 18.9 Å². The topological polar surface area (TPSA) is 96.9 Å². The lowest BCUT2D eigenvalue weighted by molar-refractivity contribution is -0.0151. The molecule has 1 aromatic carbocycles. The zero-order chi connectivity index (χ0) is 15.6. The lowest BCUT2D eigenvalue weighted by Crippen LogP contribution is -2.47. The summed E-state index contributed by atoms with van der Waals surface area (Å²) in [4.78, 5) is 14.3. The summed E-state index contributed by atoms with van der Waals surface area (Å²) in [6, 6.07) is 3.21. The van der Waals surface area contributed by atoms with Gasteiger partial charge in [0.05, 0.1) is 6.61 Å². The molecular weight excluding hydrogens is 291 g/mol. The van der Waals surface area contributed by atoms with Crippen molar-refractivity contribution in [2.24, 2.45) is 4.99 Å². The number of carbonyl (C=O) groups is 1. The van der Waals surface area contributed by atoms with Gasteiger partial charge in [-0.05, 0) is 18.2 Å². The number of aliphatic imine (C=N–C) groups is 1. The number of nitrogens with zero attached hydrogens (tertiary/aromatic N) is 1.